The molecule has 0 aliphatic carbocycles. The number of hydrogen-bond acceptors (Lipinski definition) is 6. The number of aromatic nitrogens is 2. The number of methoxy groups -OCH3 is 1. The van der Waals surface area contributed by atoms with Crippen LogP contribution in [0.15, 0.2) is 120 Å². The molecule has 2 heterocycles. The highest BCUT2D eigenvalue weighted by molar-refractivity contribution is 8.26. The number of carbonyl (C=O) groups is 1. The molecular formula is C35H29N3O3S2. The highest BCUT2D eigenvalue weighted by atomic mass is 32.2. The summed E-state index contributed by atoms with van der Waals surface area (Å²) < 4.78 is 13.6. The van der Waals surface area contributed by atoms with Crippen LogP contribution in [0, 0.1) is 0 Å². The second kappa shape index (κ2) is 13.1. The molecule has 0 radical (unpaired) electrons. The maximum atomic E-state index is 13.5. The van der Waals surface area contributed by atoms with E-state index in [1.807, 2.05) is 126 Å². The van der Waals surface area contributed by atoms with Crippen LogP contribution >= 0.6 is 24.0 Å². The Morgan fingerprint density at radius 1 is 0.837 bits per heavy atom. The minimum Gasteiger partial charge on any atom is -0.497 e. The third-order valence-corrected chi connectivity index (χ3v) is 8.46. The lowest BCUT2D eigenvalue weighted by Crippen LogP contribution is -2.30. The van der Waals surface area contributed by atoms with Crippen LogP contribution in [0.5, 0.6) is 11.5 Å². The first-order valence-electron chi connectivity index (χ1n) is 13.9. The number of rotatable bonds is 10. The average molecular weight is 604 g/mol. The predicted molar refractivity (Wildman–Crippen MR) is 176 cm³/mol. The highest BCUT2D eigenvalue weighted by Crippen LogP contribution is 2.35. The van der Waals surface area contributed by atoms with Crippen LogP contribution in [-0.2, 0) is 17.8 Å². The molecule has 1 aliphatic rings. The molecule has 1 saturated heterocycles. The molecule has 1 amide bonds. The van der Waals surface area contributed by atoms with Crippen LogP contribution in [0.3, 0.4) is 0 Å². The van der Waals surface area contributed by atoms with Gasteiger partial charge in [0.1, 0.15) is 22.4 Å². The number of ether oxygens (including phenoxy) is 2. The zero-order valence-electron chi connectivity index (χ0n) is 23.6. The summed E-state index contributed by atoms with van der Waals surface area (Å²) in [5.74, 6) is 1.49. The van der Waals surface area contributed by atoms with Gasteiger partial charge in [0.25, 0.3) is 5.91 Å². The van der Waals surface area contributed by atoms with E-state index < -0.39 is 0 Å². The monoisotopic (exact) mass is 603 g/mol. The van der Waals surface area contributed by atoms with E-state index in [0.29, 0.717) is 28.8 Å². The molecule has 0 spiro atoms. The van der Waals surface area contributed by atoms with Crippen molar-refractivity contribution in [3.63, 3.8) is 0 Å². The van der Waals surface area contributed by atoms with Crippen LogP contribution in [0.1, 0.15) is 16.7 Å². The van der Waals surface area contributed by atoms with E-state index in [1.54, 1.807) is 12.0 Å². The van der Waals surface area contributed by atoms with Gasteiger partial charge in [-0.2, -0.15) is 5.10 Å². The summed E-state index contributed by atoms with van der Waals surface area (Å²) in [4.78, 5) is 15.7. The van der Waals surface area contributed by atoms with E-state index in [2.05, 4.69) is 0 Å². The Bertz CT molecular complexity index is 1750. The van der Waals surface area contributed by atoms with Gasteiger partial charge in [0, 0.05) is 23.9 Å². The Morgan fingerprint density at radius 2 is 1.51 bits per heavy atom. The number of thiocarbonyl (C=S) groups is 1. The van der Waals surface area contributed by atoms with E-state index in [4.69, 9.17) is 26.8 Å². The highest BCUT2D eigenvalue weighted by Gasteiger charge is 2.32. The zero-order valence-corrected chi connectivity index (χ0v) is 25.2. The van der Waals surface area contributed by atoms with E-state index in [1.165, 1.54) is 11.8 Å². The van der Waals surface area contributed by atoms with Crippen LogP contribution < -0.4 is 9.47 Å². The number of benzene rings is 4. The molecular weight excluding hydrogens is 575 g/mol. The molecule has 1 fully saturated rings. The molecule has 6 nitrogen and oxygen atoms in total. The van der Waals surface area contributed by atoms with Crippen molar-refractivity contribution in [2.24, 2.45) is 0 Å². The fourth-order valence-electron chi connectivity index (χ4n) is 4.75. The second-order valence-corrected chi connectivity index (χ2v) is 11.6. The van der Waals surface area contributed by atoms with Crippen LogP contribution in [0.4, 0.5) is 0 Å². The van der Waals surface area contributed by atoms with Gasteiger partial charge in [-0.1, -0.05) is 84.6 Å². The summed E-state index contributed by atoms with van der Waals surface area (Å²) in [5, 5.41) is 4.92. The fraction of sp³-hybridized carbons (Fsp3) is 0.114. The van der Waals surface area contributed by atoms with E-state index in [-0.39, 0.29) is 5.91 Å². The zero-order chi connectivity index (χ0) is 29.6. The molecule has 1 aliphatic heterocycles. The Morgan fingerprint density at radius 3 is 2.21 bits per heavy atom. The van der Waals surface area contributed by atoms with E-state index in [0.717, 1.165) is 45.1 Å². The largest absolute Gasteiger partial charge is 0.497 e. The minimum absolute atomic E-state index is 0.0911. The van der Waals surface area contributed by atoms with Gasteiger partial charge in [0.2, 0.25) is 0 Å². The fourth-order valence-corrected chi connectivity index (χ4v) is 6.05. The Balaban J connectivity index is 1.24. The molecule has 43 heavy (non-hydrogen) atoms. The third-order valence-electron chi connectivity index (χ3n) is 7.08. The topological polar surface area (TPSA) is 56.6 Å². The lowest BCUT2D eigenvalue weighted by Gasteiger charge is -2.14. The van der Waals surface area contributed by atoms with Gasteiger partial charge < -0.3 is 9.47 Å². The van der Waals surface area contributed by atoms with Crippen LogP contribution in [0.25, 0.3) is 23.0 Å². The third kappa shape index (κ3) is 6.71. The van der Waals surface area contributed by atoms with Crippen molar-refractivity contribution in [3.05, 3.63) is 137 Å². The first-order chi connectivity index (χ1) is 21.1. The average Bonchev–Trinajstić information content (AvgIpc) is 3.60. The van der Waals surface area contributed by atoms with Gasteiger partial charge in [-0.05, 0) is 72.2 Å². The molecule has 214 valence electrons. The maximum Gasteiger partial charge on any atom is 0.266 e. The van der Waals surface area contributed by atoms with Crippen molar-refractivity contribution in [1.82, 2.24) is 14.7 Å². The smallest absolute Gasteiger partial charge is 0.266 e. The lowest BCUT2D eigenvalue weighted by molar-refractivity contribution is -0.122. The van der Waals surface area contributed by atoms with Crippen molar-refractivity contribution in [2.75, 3.05) is 13.7 Å². The van der Waals surface area contributed by atoms with Crippen molar-refractivity contribution >= 4 is 40.3 Å². The van der Waals surface area contributed by atoms with Gasteiger partial charge in [0.05, 0.1) is 23.4 Å². The first kappa shape index (κ1) is 28.5. The second-order valence-electron chi connectivity index (χ2n) is 9.94. The van der Waals surface area contributed by atoms with Crippen molar-refractivity contribution < 1.29 is 14.3 Å². The molecule has 0 N–H and O–H groups in total. The van der Waals surface area contributed by atoms with Crippen LogP contribution in [-0.4, -0.2) is 38.6 Å². The van der Waals surface area contributed by atoms with Gasteiger partial charge in [-0.25, -0.2) is 4.68 Å². The number of thioether (sulfide) groups is 1. The summed E-state index contributed by atoms with van der Waals surface area (Å²) in [5.41, 5.74) is 5.67. The number of hydrogen-bond donors (Lipinski definition) is 0. The van der Waals surface area contributed by atoms with E-state index >= 15 is 0 Å². The number of amides is 1. The summed E-state index contributed by atoms with van der Waals surface area (Å²) in [7, 11) is 1.65. The van der Waals surface area contributed by atoms with Crippen molar-refractivity contribution in [1.29, 1.82) is 0 Å². The number of nitrogens with zero attached hydrogens (tertiary/aromatic N) is 3. The molecule has 0 atom stereocenters. The molecule has 8 heteroatoms. The Hall–Kier alpha value is -4.66. The predicted octanol–water partition coefficient (Wildman–Crippen LogP) is 7.57. The summed E-state index contributed by atoms with van der Waals surface area (Å²) in [6, 6.07) is 35.7. The Labute approximate surface area is 260 Å². The normalized spacial score (nSPS) is 14.0. The molecule has 0 bridgehead atoms. The number of carbonyl (C=O) groups excluding carboxylic acids is 1. The SMILES string of the molecule is COc1ccc(CCN2C(=O)/C(=C/c3cn(-c4ccccc4)nc3-c3ccc(OCc4ccccc4)cc3)SC2=S)cc1. The van der Waals surface area contributed by atoms with Gasteiger partial charge in [0.15, 0.2) is 0 Å². The van der Waals surface area contributed by atoms with Gasteiger partial charge >= 0.3 is 0 Å². The quantitative estimate of drug-likeness (QED) is 0.121. The van der Waals surface area contributed by atoms with Gasteiger partial charge in [-0.3, -0.25) is 9.69 Å². The molecule has 1 aromatic heterocycles. The molecule has 6 rings (SSSR count). The van der Waals surface area contributed by atoms with Gasteiger partial charge in [-0.15, -0.1) is 0 Å². The van der Waals surface area contributed by atoms with Crippen molar-refractivity contribution in [2.45, 2.75) is 13.0 Å². The van der Waals surface area contributed by atoms with E-state index in [9.17, 15) is 4.79 Å². The first-order valence-corrected chi connectivity index (χ1v) is 15.1. The molecule has 4 aromatic carbocycles. The molecule has 0 saturated carbocycles. The lowest BCUT2D eigenvalue weighted by atomic mass is 10.1. The summed E-state index contributed by atoms with van der Waals surface area (Å²) in [6.45, 7) is 1.00. The summed E-state index contributed by atoms with van der Waals surface area (Å²) >= 11 is 6.95. The molecule has 5 aromatic rings. The standard InChI is InChI=1S/C35H29N3O3S2/c1-40-30-16-12-25(13-17-30)20-21-37-34(39)32(43-35(37)42)22-28-23-38(29-10-6-3-7-11-29)36-33(28)27-14-18-31(19-15-27)41-24-26-8-4-2-5-9-26/h2-19,22-23H,20-21,24H2,1H3/b32-22-. The summed E-state index contributed by atoms with van der Waals surface area (Å²) in [6.07, 6.45) is 4.54. The maximum absolute atomic E-state index is 13.5. The minimum atomic E-state index is -0.0911. The molecule has 0 unspecified atom stereocenters. The van der Waals surface area contributed by atoms with Crippen molar-refractivity contribution in [3.8, 4) is 28.4 Å². The Kier molecular flexibility index (Phi) is 8.67. The van der Waals surface area contributed by atoms with Crippen LogP contribution in [0.2, 0.25) is 0 Å². The number of para-hydroxylation sites is 1.